The molecule has 2 amide bonds. The van der Waals surface area contributed by atoms with Crippen molar-refractivity contribution in [3.05, 3.63) is 24.0 Å². The first-order valence-electron chi connectivity index (χ1n) is 8.25. The Balaban J connectivity index is 1.66. The van der Waals surface area contributed by atoms with E-state index in [1.165, 1.54) is 28.4 Å². The second-order valence-electron chi connectivity index (χ2n) is 5.99. The number of halogens is 3. The fourth-order valence-corrected chi connectivity index (χ4v) is 2.83. The van der Waals surface area contributed by atoms with Gasteiger partial charge in [0.1, 0.15) is 23.2 Å². The standard InChI is InChI=1S/C16H16F3N5O3S/c17-12-5-10(1-2-13(12)22-3-4-23(9-25)21-8-22)24-7-11(27-16(24)26)6-20-15(28)14(18)19/h1-2,5,8-9,11,14H,3-4,6-7H2,(H,20,28)/t11-/m0/s1. The van der Waals surface area contributed by atoms with Crippen molar-refractivity contribution in [1.29, 1.82) is 0 Å². The Morgan fingerprint density at radius 3 is 2.82 bits per heavy atom. The zero-order valence-electron chi connectivity index (χ0n) is 14.4. The predicted molar refractivity (Wildman–Crippen MR) is 99.2 cm³/mol. The molecule has 0 aromatic heterocycles. The summed E-state index contributed by atoms with van der Waals surface area (Å²) in [6.07, 6.45) is -2.28. The van der Waals surface area contributed by atoms with Crippen LogP contribution in [0.1, 0.15) is 0 Å². The monoisotopic (exact) mass is 415 g/mol. The molecule has 2 aliphatic heterocycles. The molecular formula is C16H16F3N5O3S. The number of hydrogen-bond donors (Lipinski definition) is 1. The lowest BCUT2D eigenvalue weighted by atomic mass is 10.2. The van der Waals surface area contributed by atoms with E-state index in [4.69, 9.17) is 4.74 Å². The van der Waals surface area contributed by atoms with Crippen LogP contribution >= 0.6 is 12.2 Å². The largest absolute Gasteiger partial charge is 0.442 e. The molecule has 150 valence electrons. The van der Waals surface area contributed by atoms with E-state index in [0.29, 0.717) is 19.5 Å². The number of nitrogens with one attached hydrogen (secondary N) is 1. The van der Waals surface area contributed by atoms with Crippen molar-refractivity contribution >= 4 is 47.4 Å². The minimum atomic E-state index is -2.79. The quantitative estimate of drug-likeness (QED) is 0.561. The first-order chi connectivity index (χ1) is 13.4. The van der Waals surface area contributed by atoms with Crippen LogP contribution < -0.4 is 15.1 Å². The van der Waals surface area contributed by atoms with Gasteiger partial charge in [0.05, 0.1) is 31.0 Å². The molecule has 0 saturated carbocycles. The highest BCUT2D eigenvalue weighted by Gasteiger charge is 2.33. The van der Waals surface area contributed by atoms with Gasteiger partial charge < -0.3 is 15.0 Å². The Morgan fingerprint density at radius 2 is 2.21 bits per heavy atom. The smallest absolute Gasteiger partial charge is 0.414 e. The molecule has 1 aromatic carbocycles. The van der Waals surface area contributed by atoms with Crippen molar-refractivity contribution in [2.75, 3.05) is 36.0 Å². The lowest BCUT2D eigenvalue weighted by Gasteiger charge is -2.27. The Labute approximate surface area is 163 Å². The average Bonchev–Trinajstić information content (AvgIpc) is 3.06. The fraction of sp³-hybridized carbons (Fsp3) is 0.375. The molecule has 0 bridgehead atoms. The minimum absolute atomic E-state index is 0.0654. The minimum Gasteiger partial charge on any atom is -0.442 e. The number of amides is 2. The van der Waals surface area contributed by atoms with Crippen LogP contribution in [-0.4, -0.2) is 67.5 Å². The first kappa shape index (κ1) is 19.9. The average molecular weight is 415 g/mol. The highest BCUT2D eigenvalue weighted by Crippen LogP contribution is 2.28. The van der Waals surface area contributed by atoms with Gasteiger partial charge in [0, 0.05) is 6.54 Å². The number of ether oxygens (including phenoxy) is 1. The molecule has 2 aliphatic rings. The Hall–Kier alpha value is -2.89. The Bertz CT molecular complexity index is 810. The molecule has 0 aliphatic carbocycles. The maximum absolute atomic E-state index is 14.6. The van der Waals surface area contributed by atoms with Crippen molar-refractivity contribution < 1.29 is 27.5 Å². The number of carbonyl (C=O) groups is 2. The lowest BCUT2D eigenvalue weighted by Crippen LogP contribution is -2.37. The molecule has 0 unspecified atom stereocenters. The third kappa shape index (κ3) is 4.32. The molecule has 1 atom stereocenters. The highest BCUT2D eigenvalue weighted by atomic mass is 32.1. The molecule has 8 nitrogen and oxygen atoms in total. The van der Waals surface area contributed by atoms with Crippen molar-refractivity contribution in [2.24, 2.45) is 5.10 Å². The normalized spacial score (nSPS) is 19.2. The van der Waals surface area contributed by atoms with Crippen LogP contribution in [-0.2, 0) is 9.53 Å². The van der Waals surface area contributed by atoms with Crippen LogP contribution in [0.25, 0.3) is 0 Å². The van der Waals surface area contributed by atoms with Crippen LogP contribution in [0.4, 0.5) is 29.3 Å². The van der Waals surface area contributed by atoms with E-state index in [0.717, 1.165) is 0 Å². The molecule has 1 aromatic rings. The number of nitrogens with zero attached hydrogens (tertiary/aromatic N) is 4. The van der Waals surface area contributed by atoms with E-state index in [1.54, 1.807) is 11.0 Å². The third-order valence-electron chi connectivity index (χ3n) is 4.16. The van der Waals surface area contributed by atoms with Crippen LogP contribution in [0.2, 0.25) is 0 Å². The zero-order chi connectivity index (χ0) is 20.3. The van der Waals surface area contributed by atoms with Gasteiger partial charge in [-0.2, -0.15) is 5.10 Å². The number of carbonyl (C=O) groups excluding carboxylic acids is 2. The first-order valence-corrected chi connectivity index (χ1v) is 8.66. The van der Waals surface area contributed by atoms with Crippen molar-refractivity contribution in [3.63, 3.8) is 0 Å². The summed E-state index contributed by atoms with van der Waals surface area (Å²) in [6.45, 7) is 0.677. The van der Waals surface area contributed by atoms with Gasteiger partial charge in [-0.1, -0.05) is 12.2 Å². The van der Waals surface area contributed by atoms with Crippen molar-refractivity contribution in [2.45, 2.75) is 12.5 Å². The molecule has 2 heterocycles. The fourth-order valence-electron chi connectivity index (χ4n) is 2.74. The summed E-state index contributed by atoms with van der Waals surface area (Å²) in [7, 11) is 0. The number of cyclic esters (lactones) is 1. The van der Waals surface area contributed by atoms with Gasteiger partial charge in [-0.25, -0.2) is 23.0 Å². The summed E-state index contributed by atoms with van der Waals surface area (Å²) < 4.78 is 44.5. The number of rotatable bonds is 6. The van der Waals surface area contributed by atoms with E-state index in [1.807, 2.05) is 0 Å². The lowest BCUT2D eigenvalue weighted by molar-refractivity contribution is -0.118. The SMILES string of the molecule is O=CN1CCN(c2ccc(N3C[C@H](CNC(=S)C(F)F)OC3=O)cc2F)C=N1. The third-order valence-corrected chi connectivity index (χ3v) is 4.48. The summed E-state index contributed by atoms with van der Waals surface area (Å²) in [5.74, 6) is -0.586. The van der Waals surface area contributed by atoms with E-state index in [-0.39, 0.29) is 24.5 Å². The number of hydrogen-bond acceptors (Lipinski definition) is 6. The van der Waals surface area contributed by atoms with Gasteiger partial charge in [-0.15, -0.1) is 0 Å². The molecule has 28 heavy (non-hydrogen) atoms. The van der Waals surface area contributed by atoms with E-state index in [2.05, 4.69) is 22.6 Å². The van der Waals surface area contributed by atoms with E-state index >= 15 is 0 Å². The van der Waals surface area contributed by atoms with Gasteiger partial charge in [0.25, 0.3) is 6.43 Å². The number of hydrazone groups is 1. The second-order valence-corrected chi connectivity index (χ2v) is 6.43. The van der Waals surface area contributed by atoms with Gasteiger partial charge in [0.15, 0.2) is 0 Å². The molecule has 1 saturated heterocycles. The van der Waals surface area contributed by atoms with Gasteiger partial charge in [-0.05, 0) is 18.2 Å². The van der Waals surface area contributed by atoms with Gasteiger partial charge >= 0.3 is 6.09 Å². The van der Waals surface area contributed by atoms with Crippen LogP contribution in [0.15, 0.2) is 23.3 Å². The Kier molecular flexibility index (Phi) is 5.97. The van der Waals surface area contributed by atoms with Gasteiger partial charge in [0.2, 0.25) is 6.41 Å². The van der Waals surface area contributed by atoms with Crippen LogP contribution in [0, 0.1) is 5.82 Å². The van der Waals surface area contributed by atoms with Crippen molar-refractivity contribution in [3.8, 4) is 0 Å². The van der Waals surface area contributed by atoms with E-state index < -0.39 is 29.4 Å². The summed E-state index contributed by atoms with van der Waals surface area (Å²) in [5, 5.41) is 7.39. The summed E-state index contributed by atoms with van der Waals surface area (Å²) >= 11 is 4.47. The molecule has 1 fully saturated rings. The maximum atomic E-state index is 14.6. The van der Waals surface area contributed by atoms with Crippen molar-refractivity contribution in [1.82, 2.24) is 10.3 Å². The van der Waals surface area contributed by atoms with Gasteiger partial charge in [-0.3, -0.25) is 9.69 Å². The molecular weight excluding hydrogens is 399 g/mol. The molecule has 1 N–H and O–H groups in total. The number of anilines is 2. The number of thiocarbonyl (C=S) groups is 1. The Morgan fingerprint density at radius 1 is 1.43 bits per heavy atom. The van der Waals surface area contributed by atoms with E-state index in [9.17, 15) is 22.8 Å². The van der Waals surface area contributed by atoms with Crippen LogP contribution in [0.5, 0.6) is 0 Å². The molecule has 0 radical (unpaired) electrons. The predicted octanol–water partition coefficient (Wildman–Crippen LogP) is 1.55. The molecule has 3 rings (SSSR count). The molecule has 12 heteroatoms. The summed E-state index contributed by atoms with van der Waals surface area (Å²) in [4.78, 5) is 24.8. The highest BCUT2D eigenvalue weighted by molar-refractivity contribution is 7.80. The van der Waals surface area contributed by atoms with Crippen LogP contribution in [0.3, 0.4) is 0 Å². The topological polar surface area (TPSA) is 77.5 Å². The summed E-state index contributed by atoms with van der Waals surface area (Å²) in [6, 6.07) is 4.20. The summed E-state index contributed by atoms with van der Waals surface area (Å²) in [5.41, 5.74) is 0.514. The number of alkyl halides is 2. The maximum Gasteiger partial charge on any atom is 0.414 e. The number of benzene rings is 1. The zero-order valence-corrected chi connectivity index (χ0v) is 15.2. The molecule has 0 spiro atoms. The second kappa shape index (κ2) is 8.42.